The highest BCUT2D eigenvalue weighted by atomic mass is 16.8. The van der Waals surface area contributed by atoms with Gasteiger partial charge in [0.25, 0.3) is 0 Å². The second-order valence-corrected chi connectivity index (χ2v) is 28.1. The molecule has 0 amide bonds. The third-order valence-electron chi connectivity index (χ3n) is 23.0. The maximum absolute atomic E-state index is 15.1. The van der Waals surface area contributed by atoms with E-state index in [0.29, 0.717) is 51.4 Å². The molecule has 28 nitrogen and oxygen atoms in total. The molecule has 5 saturated heterocycles. The summed E-state index contributed by atoms with van der Waals surface area (Å²) in [7, 11) is 0. The number of rotatable bonds is 18. The number of aliphatic hydroxyl groups is 17. The number of carbonyl (C=O) groups is 1. The molecule has 0 unspecified atom stereocenters. The maximum atomic E-state index is 15.1. The Morgan fingerprint density at radius 1 is 0.500 bits per heavy atom. The topological polar surface area (TPSA) is 453 Å². The van der Waals surface area contributed by atoms with Crippen molar-refractivity contribution in [1.82, 2.24) is 0 Å². The largest absolute Gasteiger partial charge is 0.431 e. The van der Waals surface area contributed by atoms with Crippen molar-refractivity contribution in [1.29, 1.82) is 0 Å². The Bertz CT molecular complexity index is 2370. The summed E-state index contributed by atoms with van der Waals surface area (Å²) in [4.78, 5) is 15.1. The van der Waals surface area contributed by atoms with Gasteiger partial charge in [-0.15, -0.1) is 0 Å². The zero-order valence-electron chi connectivity index (χ0n) is 51.4. The zero-order valence-corrected chi connectivity index (χ0v) is 51.4. The molecular weight excluding hydrogens is 1170 g/mol. The fourth-order valence-corrected chi connectivity index (χ4v) is 17.6. The SMILES string of the molecule is CC(C)=CCC[C@@](O)(C(=O)O[C@@H]1O[C@H](CO)[C@@H](O)[C@H](O)[C@H]1O[C@@H]1O[C@H](CO)[C@@H](O)[C@H](O)[C@H]1O)[C@H]1CC[C@]2(C)[C@@H]1CC[C@@H]1[C@@]3(C)CC[C@H](O[C@@H]4O[C@H](CO)[C@@H](O)[C@H](O[C@@H]5O[C@@H](C)[C@H](O)[C@@H](O)[C@H]5O)[C@H]4O[C@@H]4O[C@@H](C)[C@H](O)[C@@H](O)[C@H]4O)[C@](C)(CO)[C@@H]3CC[C@]12C. The second kappa shape index (κ2) is 27.1. The number of esters is 1. The fourth-order valence-electron chi connectivity index (χ4n) is 17.6. The van der Waals surface area contributed by atoms with Crippen LogP contribution in [0.15, 0.2) is 11.6 Å². The zero-order chi connectivity index (χ0) is 64.7. The highest BCUT2D eigenvalue weighted by molar-refractivity contribution is 5.80. The minimum atomic E-state index is -2.21. The molecule has 5 heterocycles. The Kier molecular flexibility index (Phi) is 21.7. The normalized spacial score (nSPS) is 53.0. The van der Waals surface area contributed by atoms with Crippen molar-refractivity contribution in [2.24, 2.45) is 45.3 Å². The highest BCUT2D eigenvalue weighted by Gasteiger charge is 2.72. The van der Waals surface area contributed by atoms with Crippen molar-refractivity contribution in [2.75, 3.05) is 26.4 Å². The maximum Gasteiger partial charge on any atom is 0.340 e. The number of aliphatic hydroxyl groups excluding tert-OH is 16. The van der Waals surface area contributed by atoms with E-state index >= 15 is 4.79 Å². The standard InChI is InChI=1S/C60H100O28/c1-24(2)10-9-16-60(78,55(77)88-53-48(43(73)38(68)30(21-62)82-53)86-52-46(76)42(72)37(67)29(20-61)81-52)28-13-18-58(7)27(28)11-12-33-56(5)17-15-34(57(6,23-64)32(56)14-19-59(33,58)8)84-54-49(87-51-45(75)41(71)36(66)26(4)80-51)47(39(69)31(22-63)83-54)85-50-44(74)40(70)35(65)25(3)79-50/h10,25-54,61-76,78H,9,11-23H2,1-8H3/t25-,26-,27+,28-,29+,30+,31+,32+,33+,34-,35-,36-,37+,38+,39+,40+,41+,42-,43-,44+,45+,46+,47-,48+,49+,50-,51-,52-,53-,54-,56-,57+,58+,59+,60-/m0/s1. The lowest BCUT2D eigenvalue weighted by atomic mass is 9.35. The van der Waals surface area contributed by atoms with Gasteiger partial charge in [0.2, 0.25) is 6.29 Å². The first-order valence-corrected chi connectivity index (χ1v) is 31.4. The summed E-state index contributed by atoms with van der Waals surface area (Å²) >= 11 is 0. The highest BCUT2D eigenvalue weighted by Crippen LogP contribution is 2.76. The lowest BCUT2D eigenvalue weighted by Crippen LogP contribution is -2.68. The number of allylic oxidation sites excluding steroid dienone is 2. The predicted octanol–water partition coefficient (Wildman–Crippen LogP) is -3.82. The molecule has 0 aromatic heterocycles. The van der Waals surface area contributed by atoms with Crippen LogP contribution in [0.4, 0.5) is 0 Å². The van der Waals surface area contributed by atoms with Crippen LogP contribution in [0.1, 0.15) is 120 Å². The summed E-state index contributed by atoms with van der Waals surface area (Å²) < 4.78 is 60.8. The molecule has 28 heteroatoms. The molecule has 0 bridgehead atoms. The van der Waals surface area contributed by atoms with Crippen molar-refractivity contribution in [2.45, 2.75) is 285 Å². The van der Waals surface area contributed by atoms with Gasteiger partial charge in [0.1, 0.15) is 104 Å². The predicted molar refractivity (Wildman–Crippen MR) is 298 cm³/mol. The van der Waals surface area contributed by atoms with Gasteiger partial charge < -0.3 is 134 Å². The van der Waals surface area contributed by atoms with E-state index in [4.69, 9.17) is 47.4 Å². The Labute approximate surface area is 511 Å². The van der Waals surface area contributed by atoms with E-state index in [2.05, 4.69) is 20.8 Å². The molecule has 4 saturated carbocycles. The van der Waals surface area contributed by atoms with Crippen LogP contribution in [0.25, 0.3) is 0 Å². The average Bonchev–Trinajstić information content (AvgIpc) is 1.27. The molecule has 508 valence electrons. The van der Waals surface area contributed by atoms with E-state index < -0.39 is 219 Å². The first-order valence-electron chi connectivity index (χ1n) is 31.4. The number of carbonyl (C=O) groups excluding carboxylic acids is 1. The van der Waals surface area contributed by atoms with Crippen LogP contribution in [0.2, 0.25) is 0 Å². The molecule has 17 N–H and O–H groups in total. The second-order valence-electron chi connectivity index (χ2n) is 28.1. The quantitative estimate of drug-likeness (QED) is 0.0355. The van der Waals surface area contributed by atoms with Crippen LogP contribution in [-0.2, 0) is 52.2 Å². The Morgan fingerprint density at radius 2 is 0.989 bits per heavy atom. The van der Waals surface area contributed by atoms with Gasteiger partial charge >= 0.3 is 5.97 Å². The van der Waals surface area contributed by atoms with E-state index in [1.54, 1.807) is 0 Å². The van der Waals surface area contributed by atoms with Gasteiger partial charge in [0, 0.05) is 11.3 Å². The summed E-state index contributed by atoms with van der Waals surface area (Å²) in [6, 6.07) is 0. The van der Waals surface area contributed by atoms with Gasteiger partial charge in [-0.3, -0.25) is 0 Å². The molecule has 9 rings (SSSR count). The van der Waals surface area contributed by atoms with Crippen LogP contribution < -0.4 is 0 Å². The minimum absolute atomic E-state index is 0.0104. The molecule has 0 aromatic carbocycles. The summed E-state index contributed by atoms with van der Waals surface area (Å²) in [5, 5.41) is 187. The van der Waals surface area contributed by atoms with Gasteiger partial charge in [0.05, 0.1) is 44.7 Å². The summed E-state index contributed by atoms with van der Waals surface area (Å²) in [6.45, 7) is 12.4. The van der Waals surface area contributed by atoms with Crippen molar-refractivity contribution in [3.05, 3.63) is 11.6 Å². The summed E-state index contributed by atoms with van der Waals surface area (Å²) in [5.41, 5.74) is -3.73. The molecule has 0 spiro atoms. The van der Waals surface area contributed by atoms with E-state index in [0.717, 1.165) is 5.57 Å². The van der Waals surface area contributed by atoms with Crippen molar-refractivity contribution in [3.8, 4) is 0 Å². The Morgan fingerprint density at radius 3 is 1.55 bits per heavy atom. The molecule has 88 heavy (non-hydrogen) atoms. The van der Waals surface area contributed by atoms with Crippen LogP contribution >= 0.6 is 0 Å². The minimum Gasteiger partial charge on any atom is -0.431 e. The molecule has 5 aliphatic heterocycles. The van der Waals surface area contributed by atoms with Gasteiger partial charge in [-0.1, -0.05) is 39.3 Å². The van der Waals surface area contributed by atoms with Crippen molar-refractivity contribution in [3.63, 3.8) is 0 Å². The lowest BCUT2D eigenvalue weighted by molar-refractivity contribution is -0.398. The molecule has 0 radical (unpaired) electrons. The van der Waals surface area contributed by atoms with Gasteiger partial charge in [-0.2, -0.15) is 0 Å². The van der Waals surface area contributed by atoms with Crippen molar-refractivity contribution < 1.29 is 139 Å². The fraction of sp³-hybridized carbons (Fsp3) is 0.950. The van der Waals surface area contributed by atoms with Gasteiger partial charge in [-0.05, 0) is 126 Å². The van der Waals surface area contributed by atoms with E-state index in [9.17, 15) is 86.8 Å². The first-order chi connectivity index (χ1) is 41.3. The Hall–Kier alpha value is -1.83. The number of ether oxygens (including phenoxy) is 10. The van der Waals surface area contributed by atoms with E-state index in [1.807, 2.05) is 26.8 Å². The molecule has 0 aromatic rings. The third-order valence-corrected chi connectivity index (χ3v) is 23.0. The molecule has 35 atom stereocenters. The smallest absolute Gasteiger partial charge is 0.340 e. The van der Waals surface area contributed by atoms with Gasteiger partial charge in [0.15, 0.2) is 36.9 Å². The van der Waals surface area contributed by atoms with E-state index in [1.165, 1.54) is 13.8 Å². The van der Waals surface area contributed by atoms with Crippen molar-refractivity contribution >= 4 is 5.97 Å². The third kappa shape index (κ3) is 12.2. The van der Waals surface area contributed by atoms with Crippen LogP contribution in [0.5, 0.6) is 0 Å². The Balaban J connectivity index is 0.976. The lowest BCUT2D eigenvalue weighted by Gasteiger charge is -2.70. The van der Waals surface area contributed by atoms with E-state index in [-0.39, 0.29) is 37.2 Å². The van der Waals surface area contributed by atoms with Gasteiger partial charge in [-0.25, -0.2) is 4.79 Å². The summed E-state index contributed by atoms with van der Waals surface area (Å²) in [6.07, 6.45) is -36.6. The van der Waals surface area contributed by atoms with Crippen LogP contribution in [0.3, 0.4) is 0 Å². The molecule has 9 fully saturated rings. The first kappa shape index (κ1) is 70.5. The van der Waals surface area contributed by atoms with Crippen LogP contribution in [-0.4, -0.2) is 284 Å². The molecular formula is C60H100O28. The number of fused-ring (bicyclic) bond motifs is 5. The van der Waals surface area contributed by atoms with Crippen LogP contribution in [0, 0.1) is 45.3 Å². The number of hydrogen-bond acceptors (Lipinski definition) is 28. The monoisotopic (exact) mass is 1270 g/mol. The summed E-state index contributed by atoms with van der Waals surface area (Å²) in [5.74, 6) is -2.32. The number of hydrogen-bond donors (Lipinski definition) is 17. The molecule has 9 aliphatic rings. The molecule has 4 aliphatic carbocycles. The average molecular weight is 1270 g/mol.